The number of nitrogens with zero attached hydrogens (tertiary/aromatic N) is 1. The molecule has 3 fully saturated rings. The van der Waals surface area contributed by atoms with Crippen LogP contribution in [0.15, 0.2) is 0 Å². The molecule has 0 saturated heterocycles. The molecule has 0 aromatic carbocycles. The minimum absolute atomic E-state index is 0.00685. The first-order valence-corrected chi connectivity index (χ1v) is 11.7. The molecule has 2 heteroatoms. The maximum absolute atomic E-state index is 10.1. The van der Waals surface area contributed by atoms with Crippen LogP contribution in [0.4, 0.5) is 0 Å². The van der Waals surface area contributed by atoms with Gasteiger partial charge in [0.15, 0.2) is 0 Å². The van der Waals surface area contributed by atoms with Crippen LogP contribution in [0.5, 0.6) is 0 Å². The Bertz CT molecular complexity index is 443. The number of rotatable bonds is 6. The van der Waals surface area contributed by atoms with Crippen LogP contribution in [0.1, 0.15) is 104 Å². The van der Waals surface area contributed by atoms with Gasteiger partial charge in [0.25, 0.3) is 0 Å². The van der Waals surface area contributed by atoms with E-state index in [0.717, 1.165) is 24.4 Å². The molecule has 148 valence electrons. The van der Waals surface area contributed by atoms with Crippen molar-refractivity contribution in [1.82, 2.24) is 0 Å². The monoisotopic (exact) mass is 359 g/mol. The molecular weight excluding hydrogens is 318 g/mol. The van der Waals surface area contributed by atoms with Crippen molar-refractivity contribution in [2.45, 2.75) is 110 Å². The third-order valence-corrected chi connectivity index (χ3v) is 8.26. The zero-order valence-corrected chi connectivity index (χ0v) is 17.3. The molecule has 0 bridgehead atoms. The molecule has 3 saturated carbocycles. The predicted molar refractivity (Wildman–Crippen MR) is 108 cm³/mol. The SMILES string of the molecule is CCCC1CCC(C2CCC(C#N)(C3CCC(OCC)CC3)CC2)CC1. The highest BCUT2D eigenvalue weighted by molar-refractivity contribution is 5.06. The third-order valence-electron chi connectivity index (χ3n) is 8.26. The molecule has 3 aliphatic rings. The second-order valence-corrected chi connectivity index (χ2v) is 9.60. The first-order chi connectivity index (χ1) is 12.7. The number of ether oxygens (including phenoxy) is 1. The largest absolute Gasteiger partial charge is 0.379 e. The van der Waals surface area contributed by atoms with E-state index in [9.17, 15) is 5.26 Å². The summed E-state index contributed by atoms with van der Waals surface area (Å²) in [6, 6.07) is 2.84. The molecule has 0 atom stereocenters. The van der Waals surface area contributed by atoms with Gasteiger partial charge in [-0.25, -0.2) is 0 Å². The maximum Gasteiger partial charge on any atom is 0.0692 e. The van der Waals surface area contributed by atoms with E-state index in [1.165, 1.54) is 89.9 Å². The summed E-state index contributed by atoms with van der Waals surface area (Å²) in [5, 5.41) is 10.1. The average molecular weight is 360 g/mol. The molecule has 3 aliphatic carbocycles. The Morgan fingerprint density at radius 2 is 1.46 bits per heavy atom. The fourth-order valence-electron chi connectivity index (χ4n) is 6.61. The van der Waals surface area contributed by atoms with Gasteiger partial charge in [-0.3, -0.25) is 0 Å². The highest BCUT2D eigenvalue weighted by Crippen LogP contribution is 2.52. The van der Waals surface area contributed by atoms with Gasteiger partial charge in [0, 0.05) is 6.61 Å². The van der Waals surface area contributed by atoms with Crippen molar-refractivity contribution in [2.75, 3.05) is 6.61 Å². The summed E-state index contributed by atoms with van der Waals surface area (Å²) in [7, 11) is 0. The zero-order chi connectivity index (χ0) is 18.4. The van der Waals surface area contributed by atoms with Gasteiger partial charge in [-0.05, 0) is 94.8 Å². The molecular formula is C24H41NO. The number of hydrogen-bond donors (Lipinski definition) is 0. The predicted octanol–water partition coefficient (Wildman–Crippen LogP) is 6.89. The molecule has 0 aromatic heterocycles. The van der Waals surface area contributed by atoms with Gasteiger partial charge in [0.2, 0.25) is 0 Å². The van der Waals surface area contributed by atoms with Gasteiger partial charge < -0.3 is 4.74 Å². The van der Waals surface area contributed by atoms with Crippen LogP contribution in [-0.2, 0) is 4.74 Å². The Kier molecular flexibility index (Phi) is 7.44. The molecule has 0 radical (unpaired) electrons. The van der Waals surface area contributed by atoms with Crippen LogP contribution < -0.4 is 0 Å². The van der Waals surface area contributed by atoms with E-state index >= 15 is 0 Å². The zero-order valence-electron chi connectivity index (χ0n) is 17.3. The number of hydrogen-bond acceptors (Lipinski definition) is 2. The van der Waals surface area contributed by atoms with E-state index in [2.05, 4.69) is 19.9 Å². The lowest BCUT2D eigenvalue weighted by molar-refractivity contribution is -0.00232. The lowest BCUT2D eigenvalue weighted by Gasteiger charge is -2.45. The van der Waals surface area contributed by atoms with Crippen molar-refractivity contribution in [1.29, 1.82) is 5.26 Å². The summed E-state index contributed by atoms with van der Waals surface area (Å²) in [5.41, 5.74) is -0.00685. The molecule has 3 rings (SSSR count). The molecule has 0 spiro atoms. The molecule has 26 heavy (non-hydrogen) atoms. The molecule has 2 nitrogen and oxygen atoms in total. The molecule has 0 heterocycles. The molecule has 0 N–H and O–H groups in total. The van der Waals surface area contributed by atoms with E-state index < -0.39 is 0 Å². The topological polar surface area (TPSA) is 33.0 Å². The Balaban J connectivity index is 1.48. The Morgan fingerprint density at radius 1 is 0.846 bits per heavy atom. The van der Waals surface area contributed by atoms with Crippen molar-refractivity contribution in [3.05, 3.63) is 0 Å². The van der Waals surface area contributed by atoms with Crippen molar-refractivity contribution in [3.63, 3.8) is 0 Å². The van der Waals surface area contributed by atoms with E-state index in [4.69, 9.17) is 4.74 Å². The fraction of sp³-hybridized carbons (Fsp3) is 0.958. The number of nitriles is 1. The lowest BCUT2D eigenvalue weighted by atomic mass is 9.58. The van der Waals surface area contributed by atoms with Crippen LogP contribution in [-0.4, -0.2) is 12.7 Å². The van der Waals surface area contributed by atoms with Crippen LogP contribution in [0.3, 0.4) is 0 Å². The van der Waals surface area contributed by atoms with E-state index in [1.54, 1.807) is 0 Å². The van der Waals surface area contributed by atoms with Gasteiger partial charge >= 0.3 is 0 Å². The summed E-state index contributed by atoms with van der Waals surface area (Å²) >= 11 is 0. The van der Waals surface area contributed by atoms with E-state index in [0.29, 0.717) is 12.0 Å². The Morgan fingerprint density at radius 3 is 2.00 bits per heavy atom. The Labute approximate surface area is 162 Å². The van der Waals surface area contributed by atoms with Gasteiger partial charge in [-0.15, -0.1) is 0 Å². The van der Waals surface area contributed by atoms with Gasteiger partial charge in [-0.2, -0.15) is 5.26 Å². The van der Waals surface area contributed by atoms with Crippen molar-refractivity contribution < 1.29 is 4.74 Å². The van der Waals surface area contributed by atoms with Crippen molar-refractivity contribution in [2.24, 2.45) is 29.1 Å². The van der Waals surface area contributed by atoms with Gasteiger partial charge in [-0.1, -0.05) is 32.6 Å². The summed E-state index contributed by atoms with van der Waals surface area (Å²) in [5.74, 6) is 3.52. The van der Waals surface area contributed by atoms with Crippen LogP contribution in [0.25, 0.3) is 0 Å². The highest BCUT2D eigenvalue weighted by Gasteiger charge is 2.44. The van der Waals surface area contributed by atoms with E-state index in [-0.39, 0.29) is 5.41 Å². The van der Waals surface area contributed by atoms with Crippen LogP contribution in [0, 0.1) is 40.4 Å². The molecule has 0 aromatic rings. The van der Waals surface area contributed by atoms with Crippen LogP contribution >= 0.6 is 0 Å². The first-order valence-electron chi connectivity index (χ1n) is 11.7. The maximum atomic E-state index is 10.1. The smallest absolute Gasteiger partial charge is 0.0692 e. The highest BCUT2D eigenvalue weighted by atomic mass is 16.5. The third kappa shape index (κ3) is 4.64. The summed E-state index contributed by atoms with van der Waals surface area (Å²) in [4.78, 5) is 0. The fourth-order valence-corrected chi connectivity index (χ4v) is 6.61. The second-order valence-electron chi connectivity index (χ2n) is 9.60. The summed E-state index contributed by atoms with van der Waals surface area (Å²) < 4.78 is 5.82. The quantitative estimate of drug-likeness (QED) is 0.517. The standard InChI is InChI=1S/C24H41NO/c1-3-5-19-6-8-20(9-7-19)21-14-16-24(18-25,17-15-21)22-10-12-23(13-11-22)26-4-2/h19-23H,3-17H2,1-2H3. The summed E-state index contributed by atoms with van der Waals surface area (Å²) in [6.07, 6.45) is 18.9. The van der Waals surface area contributed by atoms with Crippen molar-refractivity contribution >= 4 is 0 Å². The minimum atomic E-state index is -0.00685. The van der Waals surface area contributed by atoms with E-state index in [1.807, 2.05) is 0 Å². The normalized spacial score (nSPS) is 41.5. The average Bonchev–Trinajstić information content (AvgIpc) is 2.70. The molecule has 0 unspecified atom stereocenters. The van der Waals surface area contributed by atoms with Gasteiger partial charge in [0.1, 0.15) is 0 Å². The molecule has 0 amide bonds. The van der Waals surface area contributed by atoms with Gasteiger partial charge in [0.05, 0.1) is 17.6 Å². The van der Waals surface area contributed by atoms with Crippen molar-refractivity contribution in [3.8, 4) is 6.07 Å². The lowest BCUT2D eigenvalue weighted by Crippen LogP contribution is -2.38. The van der Waals surface area contributed by atoms with Crippen LogP contribution in [0.2, 0.25) is 0 Å². The Hall–Kier alpha value is -0.550. The molecule has 0 aliphatic heterocycles. The second kappa shape index (κ2) is 9.59. The summed E-state index contributed by atoms with van der Waals surface area (Å²) in [6.45, 7) is 5.26. The first kappa shape index (κ1) is 20.2. The minimum Gasteiger partial charge on any atom is -0.379 e.